The highest BCUT2D eigenvalue weighted by molar-refractivity contribution is 14.1. The summed E-state index contributed by atoms with van der Waals surface area (Å²) in [4.78, 5) is 54.0. The van der Waals surface area contributed by atoms with Crippen LogP contribution in [0.15, 0.2) is 0 Å². The zero-order chi connectivity index (χ0) is 28.0. The second kappa shape index (κ2) is 14.5. The molecule has 3 aliphatic heterocycles. The quantitative estimate of drug-likeness (QED) is 0.133. The van der Waals surface area contributed by atoms with Gasteiger partial charge in [0, 0.05) is 26.7 Å². The van der Waals surface area contributed by atoms with Crippen molar-refractivity contribution >= 4 is 68.6 Å². The Morgan fingerprint density at radius 2 is 1.63 bits per heavy atom. The number of cyclic esters (lactones) is 1. The van der Waals surface area contributed by atoms with Crippen LogP contribution in [0.1, 0.15) is 98.3 Å². The first-order valence-corrected chi connectivity index (χ1v) is 16.7. The predicted octanol–water partition coefficient (Wildman–Crippen LogP) is 5.86. The van der Waals surface area contributed by atoms with Crippen molar-refractivity contribution in [3.8, 4) is 0 Å². The Bertz CT molecular complexity index is 864. The number of carbonyl (C=O) groups is 4. The molecule has 2 bridgehead atoms. The van der Waals surface area contributed by atoms with Gasteiger partial charge in [0.05, 0.1) is 12.7 Å². The number of hydrogen-bond acceptors (Lipinski definition) is 6. The van der Waals surface area contributed by atoms with Crippen LogP contribution in [0.3, 0.4) is 0 Å². The molecule has 9 heteroatoms. The van der Waals surface area contributed by atoms with Crippen molar-refractivity contribution in [2.75, 3.05) is 13.2 Å². The van der Waals surface area contributed by atoms with E-state index in [1.54, 1.807) is 0 Å². The molecule has 0 saturated carbocycles. The fourth-order valence-corrected chi connectivity index (χ4v) is 7.65. The van der Waals surface area contributed by atoms with Gasteiger partial charge < -0.3 is 14.4 Å². The van der Waals surface area contributed by atoms with E-state index >= 15 is 0 Å². The largest absolute Gasteiger partial charge is 0.464 e. The zero-order valence-corrected chi connectivity index (χ0v) is 27.7. The average molecular weight is 757 g/mol. The Kier molecular flexibility index (Phi) is 12.3. The van der Waals surface area contributed by atoms with Gasteiger partial charge in [-0.15, -0.1) is 0 Å². The number of alkyl halides is 2. The maximum atomic E-state index is 13.4. The minimum atomic E-state index is -0.760. The Morgan fingerprint density at radius 1 is 0.921 bits per heavy atom. The molecule has 3 heterocycles. The number of piperidine rings is 1. The SMILES string of the molecule is CC1CCC(=O)CC(I)C(C)(I)CC(C)CCC2CCC(C)C(O2)C(=O)C(=O)N2CCCCC2C(=O)OC1. The fraction of sp³-hybridized carbons (Fsp3) is 0.862. The number of esters is 1. The minimum absolute atomic E-state index is 0.00904. The monoisotopic (exact) mass is 757 g/mol. The van der Waals surface area contributed by atoms with E-state index in [1.807, 2.05) is 13.8 Å². The number of rotatable bonds is 0. The van der Waals surface area contributed by atoms with E-state index in [9.17, 15) is 19.2 Å². The lowest BCUT2D eigenvalue weighted by Crippen LogP contribution is -2.54. The van der Waals surface area contributed by atoms with Crippen molar-refractivity contribution < 1.29 is 28.7 Å². The normalized spacial score (nSPS) is 39.6. The van der Waals surface area contributed by atoms with Gasteiger partial charge in [0.15, 0.2) is 0 Å². The molecule has 8 unspecified atom stereocenters. The van der Waals surface area contributed by atoms with E-state index < -0.39 is 29.8 Å². The number of ketones is 2. The average Bonchev–Trinajstić information content (AvgIpc) is 2.88. The standard InChI is InChI=1S/C29H45I2NO6/c1-18-9-12-22-13-10-20(3)26(38-22)25(34)27(35)32-14-6-5-7-23(32)28(36)37-17-19(2)8-11-21(33)15-24(30)29(4,31)16-18/h18-20,22-24,26H,5-17H2,1-4H3. The van der Waals surface area contributed by atoms with Crippen LogP contribution in [0.2, 0.25) is 0 Å². The molecule has 0 spiro atoms. The van der Waals surface area contributed by atoms with Crippen LogP contribution in [-0.2, 0) is 28.7 Å². The molecule has 0 radical (unpaired) electrons. The summed E-state index contributed by atoms with van der Waals surface area (Å²) in [5, 5.41) is 0. The van der Waals surface area contributed by atoms with Gasteiger partial charge in [0.2, 0.25) is 5.78 Å². The number of nitrogens with zero attached hydrogens (tertiary/aromatic N) is 1. The number of carbonyl (C=O) groups excluding carboxylic acids is 4. The second-order valence-electron chi connectivity index (χ2n) is 12.3. The molecule has 38 heavy (non-hydrogen) atoms. The molecule has 0 aromatic carbocycles. The van der Waals surface area contributed by atoms with Crippen LogP contribution in [0.4, 0.5) is 0 Å². The van der Waals surface area contributed by atoms with Gasteiger partial charge in [0.25, 0.3) is 5.91 Å². The number of fused-ring (bicyclic) bond motifs is 3. The third-order valence-corrected chi connectivity index (χ3v) is 12.7. The maximum absolute atomic E-state index is 13.4. The third-order valence-electron chi connectivity index (χ3n) is 8.52. The molecular formula is C29H45I2NO6. The molecular weight excluding hydrogens is 712 g/mol. The zero-order valence-electron chi connectivity index (χ0n) is 23.4. The third kappa shape index (κ3) is 8.85. The number of ether oxygens (including phenoxy) is 2. The van der Waals surface area contributed by atoms with Crippen LogP contribution < -0.4 is 0 Å². The molecule has 3 aliphatic rings. The molecule has 7 nitrogen and oxygen atoms in total. The van der Waals surface area contributed by atoms with Gasteiger partial charge >= 0.3 is 5.97 Å². The first-order chi connectivity index (χ1) is 17.9. The van der Waals surface area contributed by atoms with Crippen LogP contribution in [-0.4, -0.2) is 67.1 Å². The molecule has 0 aliphatic carbocycles. The van der Waals surface area contributed by atoms with Gasteiger partial charge in [-0.25, -0.2) is 4.79 Å². The Hall–Kier alpha value is -0.300. The molecule has 3 rings (SSSR count). The topological polar surface area (TPSA) is 90.0 Å². The van der Waals surface area contributed by atoms with Crippen molar-refractivity contribution in [3.63, 3.8) is 0 Å². The van der Waals surface area contributed by atoms with Gasteiger partial charge in [-0.2, -0.15) is 0 Å². The van der Waals surface area contributed by atoms with Crippen LogP contribution >= 0.6 is 45.2 Å². The van der Waals surface area contributed by atoms with Gasteiger partial charge in [0.1, 0.15) is 17.9 Å². The highest BCUT2D eigenvalue weighted by Gasteiger charge is 2.42. The summed E-state index contributed by atoms with van der Waals surface area (Å²) < 4.78 is 12.1. The van der Waals surface area contributed by atoms with Crippen molar-refractivity contribution in [2.45, 2.75) is 124 Å². The summed E-state index contributed by atoms with van der Waals surface area (Å²) in [7, 11) is 0. The predicted molar refractivity (Wildman–Crippen MR) is 164 cm³/mol. The highest BCUT2D eigenvalue weighted by Crippen LogP contribution is 2.39. The molecule has 8 atom stereocenters. The molecule has 0 aromatic rings. The van der Waals surface area contributed by atoms with E-state index in [2.05, 4.69) is 59.0 Å². The summed E-state index contributed by atoms with van der Waals surface area (Å²) in [6.07, 6.45) is 7.49. The van der Waals surface area contributed by atoms with E-state index in [0.717, 1.165) is 44.9 Å². The Morgan fingerprint density at radius 3 is 2.37 bits per heavy atom. The Balaban J connectivity index is 1.79. The van der Waals surface area contributed by atoms with Gasteiger partial charge in [-0.05, 0) is 82.5 Å². The summed E-state index contributed by atoms with van der Waals surface area (Å²) in [6, 6.07) is -0.736. The summed E-state index contributed by atoms with van der Waals surface area (Å²) in [5.41, 5.74) is 0. The van der Waals surface area contributed by atoms with E-state index in [0.29, 0.717) is 38.1 Å². The van der Waals surface area contributed by atoms with Crippen LogP contribution in [0.5, 0.6) is 0 Å². The minimum Gasteiger partial charge on any atom is -0.464 e. The molecule has 216 valence electrons. The summed E-state index contributed by atoms with van der Waals surface area (Å²) >= 11 is 4.95. The van der Waals surface area contributed by atoms with Crippen LogP contribution in [0, 0.1) is 17.8 Å². The molecule has 3 saturated heterocycles. The number of hydrogen-bond donors (Lipinski definition) is 0. The van der Waals surface area contributed by atoms with Crippen molar-refractivity contribution in [2.24, 2.45) is 17.8 Å². The lowest BCUT2D eigenvalue weighted by molar-refractivity contribution is -0.166. The smallest absolute Gasteiger partial charge is 0.328 e. The fourth-order valence-electron chi connectivity index (χ4n) is 5.93. The highest BCUT2D eigenvalue weighted by atomic mass is 127. The molecule has 0 aromatic heterocycles. The molecule has 3 fully saturated rings. The molecule has 0 N–H and O–H groups in total. The first kappa shape index (κ1) is 32.2. The maximum Gasteiger partial charge on any atom is 0.328 e. The van der Waals surface area contributed by atoms with E-state index in [4.69, 9.17) is 9.47 Å². The lowest BCUT2D eigenvalue weighted by Gasteiger charge is -2.38. The number of Topliss-reactive ketones (excluding diaryl/α,β-unsaturated/α-hetero) is 2. The lowest BCUT2D eigenvalue weighted by atomic mass is 9.86. The van der Waals surface area contributed by atoms with Crippen LogP contribution in [0.25, 0.3) is 0 Å². The van der Waals surface area contributed by atoms with Crippen molar-refractivity contribution in [3.05, 3.63) is 0 Å². The molecule has 1 amide bonds. The van der Waals surface area contributed by atoms with Gasteiger partial charge in [-0.1, -0.05) is 66.0 Å². The Labute approximate surface area is 255 Å². The second-order valence-corrected chi connectivity index (χ2v) is 16.2. The van der Waals surface area contributed by atoms with E-state index in [-0.39, 0.29) is 37.7 Å². The summed E-state index contributed by atoms with van der Waals surface area (Å²) in [5.74, 6) is -0.883. The first-order valence-electron chi connectivity index (χ1n) is 14.4. The van der Waals surface area contributed by atoms with Gasteiger partial charge in [-0.3, -0.25) is 14.4 Å². The van der Waals surface area contributed by atoms with Crippen molar-refractivity contribution in [1.82, 2.24) is 4.90 Å². The summed E-state index contributed by atoms with van der Waals surface area (Å²) in [6.45, 7) is 9.03. The number of halogens is 2. The van der Waals surface area contributed by atoms with Crippen molar-refractivity contribution in [1.29, 1.82) is 0 Å². The number of amides is 1. The van der Waals surface area contributed by atoms with E-state index in [1.165, 1.54) is 4.90 Å².